The molecule has 0 amide bonds. The predicted molar refractivity (Wildman–Crippen MR) is 58.5 cm³/mol. The number of hydrogen-bond acceptors (Lipinski definition) is 3. The van der Waals surface area contributed by atoms with Crippen LogP contribution in [-0.4, -0.2) is 24.2 Å². The molecule has 2 rings (SSSR count). The van der Waals surface area contributed by atoms with Gasteiger partial charge in [0.1, 0.15) is 11.6 Å². The van der Waals surface area contributed by atoms with Crippen molar-refractivity contribution in [1.82, 2.24) is 5.32 Å². The van der Waals surface area contributed by atoms with Gasteiger partial charge in [-0.05, 0) is 52.0 Å². The van der Waals surface area contributed by atoms with Gasteiger partial charge >= 0.3 is 5.97 Å². The van der Waals surface area contributed by atoms with Gasteiger partial charge in [0.05, 0.1) is 0 Å². The first kappa shape index (κ1) is 10.9. The van der Waals surface area contributed by atoms with E-state index in [1.165, 1.54) is 19.3 Å². The van der Waals surface area contributed by atoms with E-state index in [1.54, 1.807) is 0 Å². The summed E-state index contributed by atoms with van der Waals surface area (Å²) in [6.45, 7) is 6.76. The second-order valence-electron chi connectivity index (χ2n) is 5.77. The maximum atomic E-state index is 11.9. The quantitative estimate of drug-likeness (QED) is 0.671. The van der Waals surface area contributed by atoms with Gasteiger partial charge in [-0.25, -0.2) is 0 Å². The molecule has 0 aromatic carbocycles. The van der Waals surface area contributed by atoms with E-state index in [-0.39, 0.29) is 17.6 Å². The molecule has 3 nitrogen and oxygen atoms in total. The highest BCUT2D eigenvalue weighted by Gasteiger charge is 2.43. The van der Waals surface area contributed by atoms with Gasteiger partial charge in [-0.1, -0.05) is 6.42 Å². The molecule has 1 saturated heterocycles. The molecule has 0 radical (unpaired) electrons. The standard InChI is InChI=1S/C12H21NO2/c1-12(2,3)15-11(14)10-9-6-4-5-8(9)7-13-10/h8-10,13H,4-7H2,1-3H3/t8-,9+,10+/m1/s1. The van der Waals surface area contributed by atoms with Crippen LogP contribution >= 0.6 is 0 Å². The Labute approximate surface area is 91.6 Å². The summed E-state index contributed by atoms with van der Waals surface area (Å²) >= 11 is 0. The van der Waals surface area contributed by atoms with Gasteiger partial charge in [0.25, 0.3) is 0 Å². The molecule has 1 aliphatic heterocycles. The van der Waals surface area contributed by atoms with Crippen molar-refractivity contribution in [3.05, 3.63) is 0 Å². The summed E-state index contributed by atoms with van der Waals surface area (Å²) in [5.74, 6) is 1.18. The Kier molecular flexibility index (Phi) is 2.75. The van der Waals surface area contributed by atoms with Crippen molar-refractivity contribution in [2.24, 2.45) is 11.8 Å². The van der Waals surface area contributed by atoms with Crippen molar-refractivity contribution < 1.29 is 9.53 Å². The van der Waals surface area contributed by atoms with E-state index in [9.17, 15) is 4.79 Å². The number of carbonyl (C=O) groups is 1. The maximum Gasteiger partial charge on any atom is 0.323 e. The number of ether oxygens (including phenoxy) is 1. The summed E-state index contributed by atoms with van der Waals surface area (Å²) < 4.78 is 5.43. The first-order chi connectivity index (χ1) is 6.97. The molecule has 0 unspecified atom stereocenters. The van der Waals surface area contributed by atoms with Gasteiger partial charge < -0.3 is 10.1 Å². The molecule has 1 N–H and O–H groups in total. The first-order valence-electron chi connectivity index (χ1n) is 5.93. The van der Waals surface area contributed by atoms with Gasteiger partial charge in [-0.2, -0.15) is 0 Å². The fourth-order valence-corrected chi connectivity index (χ4v) is 2.81. The first-order valence-corrected chi connectivity index (χ1v) is 5.93. The summed E-state index contributed by atoms with van der Waals surface area (Å²) in [6.07, 6.45) is 3.73. The zero-order valence-electron chi connectivity index (χ0n) is 9.88. The molecule has 86 valence electrons. The average Bonchev–Trinajstić information content (AvgIpc) is 2.57. The van der Waals surface area contributed by atoms with Gasteiger partial charge in [0.15, 0.2) is 0 Å². The van der Waals surface area contributed by atoms with Crippen LogP contribution in [0.3, 0.4) is 0 Å². The van der Waals surface area contributed by atoms with Crippen molar-refractivity contribution in [2.75, 3.05) is 6.54 Å². The lowest BCUT2D eigenvalue weighted by molar-refractivity contribution is -0.158. The minimum atomic E-state index is -0.366. The highest BCUT2D eigenvalue weighted by molar-refractivity contribution is 5.77. The van der Waals surface area contributed by atoms with E-state index in [2.05, 4.69) is 5.32 Å². The molecule has 1 heterocycles. The van der Waals surface area contributed by atoms with Crippen LogP contribution < -0.4 is 5.32 Å². The Morgan fingerprint density at radius 2 is 2.07 bits per heavy atom. The van der Waals surface area contributed by atoms with Crippen molar-refractivity contribution >= 4 is 5.97 Å². The second-order valence-corrected chi connectivity index (χ2v) is 5.77. The molecule has 0 aromatic heterocycles. The van der Waals surface area contributed by atoms with Crippen molar-refractivity contribution in [1.29, 1.82) is 0 Å². The van der Waals surface area contributed by atoms with Gasteiger partial charge in [-0.15, -0.1) is 0 Å². The topological polar surface area (TPSA) is 38.3 Å². The Morgan fingerprint density at radius 1 is 1.33 bits per heavy atom. The smallest absolute Gasteiger partial charge is 0.323 e. The van der Waals surface area contributed by atoms with Crippen LogP contribution in [0.1, 0.15) is 40.0 Å². The summed E-state index contributed by atoms with van der Waals surface area (Å²) in [7, 11) is 0. The van der Waals surface area contributed by atoms with Crippen LogP contribution in [0.5, 0.6) is 0 Å². The molecule has 2 aliphatic rings. The van der Waals surface area contributed by atoms with Crippen LogP contribution in [0.25, 0.3) is 0 Å². The third-order valence-electron chi connectivity index (χ3n) is 3.41. The minimum absolute atomic E-state index is 0.0447. The summed E-state index contributed by atoms with van der Waals surface area (Å²) in [5, 5.41) is 3.31. The molecule has 2 fully saturated rings. The lowest BCUT2D eigenvalue weighted by Crippen LogP contribution is -2.40. The maximum absolute atomic E-state index is 11.9. The molecule has 1 aliphatic carbocycles. The third kappa shape index (κ3) is 2.33. The Bertz CT molecular complexity index is 257. The molecule has 1 saturated carbocycles. The molecule has 0 aromatic rings. The highest BCUT2D eigenvalue weighted by Crippen LogP contribution is 2.38. The lowest BCUT2D eigenvalue weighted by Gasteiger charge is -2.24. The van der Waals surface area contributed by atoms with Crippen LogP contribution in [0.15, 0.2) is 0 Å². The molecule has 3 heteroatoms. The number of fused-ring (bicyclic) bond motifs is 1. The van der Waals surface area contributed by atoms with Crippen molar-refractivity contribution in [3.8, 4) is 0 Å². The van der Waals surface area contributed by atoms with Crippen molar-refractivity contribution in [3.63, 3.8) is 0 Å². The predicted octanol–water partition coefficient (Wildman–Crippen LogP) is 1.72. The fraction of sp³-hybridized carbons (Fsp3) is 0.917. The molecule has 0 bridgehead atoms. The highest BCUT2D eigenvalue weighted by atomic mass is 16.6. The number of carbonyl (C=O) groups excluding carboxylic acids is 1. The number of esters is 1. The Hall–Kier alpha value is -0.570. The van der Waals surface area contributed by atoms with Gasteiger partial charge in [0.2, 0.25) is 0 Å². The minimum Gasteiger partial charge on any atom is -0.459 e. The fourth-order valence-electron chi connectivity index (χ4n) is 2.81. The van der Waals surface area contributed by atoms with E-state index in [0.717, 1.165) is 6.54 Å². The number of hydrogen-bond donors (Lipinski definition) is 1. The van der Waals surface area contributed by atoms with E-state index in [1.807, 2.05) is 20.8 Å². The zero-order chi connectivity index (χ0) is 11.1. The van der Waals surface area contributed by atoms with E-state index in [4.69, 9.17) is 4.74 Å². The normalized spacial score (nSPS) is 35.3. The molecule has 0 spiro atoms. The van der Waals surface area contributed by atoms with Crippen molar-refractivity contribution in [2.45, 2.75) is 51.7 Å². The molecular formula is C12H21NO2. The van der Waals surface area contributed by atoms with Crippen LogP contribution in [-0.2, 0) is 9.53 Å². The zero-order valence-corrected chi connectivity index (χ0v) is 9.88. The molecule has 15 heavy (non-hydrogen) atoms. The van der Waals surface area contributed by atoms with E-state index < -0.39 is 0 Å². The monoisotopic (exact) mass is 211 g/mol. The summed E-state index contributed by atoms with van der Waals surface area (Å²) in [6, 6.07) is -0.0447. The third-order valence-corrected chi connectivity index (χ3v) is 3.41. The summed E-state index contributed by atoms with van der Waals surface area (Å²) in [4.78, 5) is 11.9. The van der Waals surface area contributed by atoms with Crippen LogP contribution in [0.2, 0.25) is 0 Å². The van der Waals surface area contributed by atoms with Crippen LogP contribution in [0.4, 0.5) is 0 Å². The number of rotatable bonds is 1. The van der Waals surface area contributed by atoms with E-state index >= 15 is 0 Å². The molecule has 3 atom stereocenters. The van der Waals surface area contributed by atoms with Gasteiger partial charge in [0, 0.05) is 0 Å². The largest absolute Gasteiger partial charge is 0.459 e. The average molecular weight is 211 g/mol. The summed E-state index contributed by atoms with van der Waals surface area (Å²) in [5.41, 5.74) is -0.366. The Morgan fingerprint density at radius 3 is 2.73 bits per heavy atom. The number of nitrogens with one attached hydrogen (secondary N) is 1. The lowest BCUT2D eigenvalue weighted by atomic mass is 9.94. The second kappa shape index (κ2) is 3.78. The molecular weight excluding hydrogens is 190 g/mol. The van der Waals surface area contributed by atoms with Gasteiger partial charge in [-0.3, -0.25) is 4.79 Å². The van der Waals surface area contributed by atoms with E-state index in [0.29, 0.717) is 11.8 Å². The van der Waals surface area contributed by atoms with Crippen LogP contribution in [0, 0.1) is 11.8 Å². The Balaban J connectivity index is 1.96. The SMILES string of the molecule is CC(C)(C)OC(=O)[C@H]1NC[C@H]2CCC[C@@H]21.